The molecule has 0 saturated carbocycles. The lowest BCUT2D eigenvalue weighted by molar-refractivity contribution is 0.478. The first-order valence-electron chi connectivity index (χ1n) is 5.92. The fraction of sp³-hybridized carbons (Fsp3) is 0.538. The summed E-state index contributed by atoms with van der Waals surface area (Å²) in [5, 5.41) is 0.529. The molecule has 0 radical (unpaired) electrons. The van der Waals surface area contributed by atoms with Crippen molar-refractivity contribution in [3.05, 3.63) is 35.9 Å². The number of benzene rings is 1. The summed E-state index contributed by atoms with van der Waals surface area (Å²) in [5.41, 5.74) is 0.337. The zero-order valence-electron chi connectivity index (χ0n) is 11.0. The van der Waals surface area contributed by atoms with Gasteiger partial charge in [0, 0.05) is 5.33 Å². The zero-order chi connectivity index (χ0) is 13.8. The molecule has 1 atom stereocenters. The van der Waals surface area contributed by atoms with Gasteiger partial charge < -0.3 is 0 Å². The molecule has 0 aliphatic carbocycles. The number of alkyl halides is 1. The van der Waals surface area contributed by atoms with Gasteiger partial charge in [-0.2, -0.15) is 0 Å². The molecule has 18 heavy (non-hydrogen) atoms. The lowest BCUT2D eigenvalue weighted by atomic mass is 9.96. The zero-order valence-corrected chi connectivity index (χ0v) is 13.4. The summed E-state index contributed by atoms with van der Waals surface area (Å²) in [4.78, 5) is 0. The van der Waals surface area contributed by atoms with Crippen LogP contribution < -0.4 is 4.72 Å². The quantitative estimate of drug-likeness (QED) is 0.813. The summed E-state index contributed by atoms with van der Waals surface area (Å²) in [6.45, 7) is 5.68. The first-order valence-corrected chi connectivity index (χ1v) is 8.69. The first-order chi connectivity index (χ1) is 8.29. The van der Waals surface area contributed by atoms with Crippen LogP contribution >= 0.6 is 15.9 Å². The lowest BCUT2D eigenvalue weighted by Gasteiger charge is -2.29. The monoisotopic (exact) mass is 333 g/mol. The van der Waals surface area contributed by atoms with Crippen LogP contribution in [0.25, 0.3) is 0 Å². The van der Waals surface area contributed by atoms with Crippen molar-refractivity contribution in [3.8, 4) is 0 Å². The van der Waals surface area contributed by atoms with E-state index in [2.05, 4.69) is 20.7 Å². The highest BCUT2D eigenvalue weighted by molar-refractivity contribution is 9.09. The van der Waals surface area contributed by atoms with E-state index in [9.17, 15) is 8.42 Å². The molecule has 5 heteroatoms. The maximum absolute atomic E-state index is 12.1. The average molecular weight is 334 g/mol. The Morgan fingerprint density at radius 3 is 2.28 bits per heavy atom. The fourth-order valence-corrected chi connectivity index (χ4v) is 4.28. The van der Waals surface area contributed by atoms with Crippen LogP contribution in [-0.2, 0) is 15.6 Å². The number of hydrogen-bond acceptors (Lipinski definition) is 2. The molecule has 0 heterocycles. The van der Waals surface area contributed by atoms with Gasteiger partial charge in [0.15, 0.2) is 0 Å². The van der Waals surface area contributed by atoms with Gasteiger partial charge in [-0.05, 0) is 18.4 Å². The fourth-order valence-electron chi connectivity index (χ4n) is 1.79. The van der Waals surface area contributed by atoms with Crippen molar-refractivity contribution in [2.45, 2.75) is 26.3 Å². The Balaban J connectivity index is 2.97. The molecule has 0 fully saturated rings. The van der Waals surface area contributed by atoms with E-state index < -0.39 is 15.6 Å². The van der Waals surface area contributed by atoms with Crippen LogP contribution in [0.2, 0.25) is 0 Å². The lowest BCUT2D eigenvalue weighted by Crippen LogP contribution is -2.46. The number of halogens is 1. The summed E-state index contributed by atoms with van der Waals surface area (Å²) in [6, 6.07) is 9.60. The Labute approximate surface area is 118 Å². The summed E-state index contributed by atoms with van der Waals surface area (Å²) < 4.78 is 26.9. The van der Waals surface area contributed by atoms with E-state index in [1.165, 1.54) is 0 Å². The minimum absolute atomic E-state index is 0.109. The van der Waals surface area contributed by atoms with Crippen molar-refractivity contribution in [3.63, 3.8) is 0 Å². The van der Waals surface area contributed by atoms with Gasteiger partial charge >= 0.3 is 0 Å². The normalized spacial score (nSPS) is 15.6. The minimum atomic E-state index is -3.28. The highest BCUT2D eigenvalue weighted by atomic mass is 79.9. The second kappa shape index (κ2) is 6.17. The topological polar surface area (TPSA) is 46.2 Å². The highest BCUT2D eigenvalue weighted by Crippen LogP contribution is 2.24. The molecule has 3 nitrogen and oxygen atoms in total. The van der Waals surface area contributed by atoms with Crippen molar-refractivity contribution < 1.29 is 8.42 Å². The predicted octanol–water partition coefficient (Wildman–Crippen LogP) is 2.87. The van der Waals surface area contributed by atoms with Gasteiger partial charge in [0.1, 0.15) is 0 Å². The van der Waals surface area contributed by atoms with Crippen molar-refractivity contribution in [2.75, 3.05) is 11.1 Å². The summed E-state index contributed by atoms with van der Waals surface area (Å²) in [5.74, 6) is 0.250. The van der Waals surface area contributed by atoms with Crippen molar-refractivity contribution in [1.29, 1.82) is 0 Å². The standard InChI is InChI=1S/C13H20BrNO2S/c1-11(2)9-18(16,17)15-13(3,10-14)12-7-5-4-6-8-12/h4-8,11,15H,9-10H2,1-3H3. The number of hydrogen-bond donors (Lipinski definition) is 1. The Bertz CT molecular complexity index is 473. The van der Waals surface area contributed by atoms with Crippen LogP contribution in [-0.4, -0.2) is 19.5 Å². The largest absolute Gasteiger partial charge is 0.212 e. The average Bonchev–Trinajstić information content (AvgIpc) is 2.27. The molecule has 1 aromatic rings. The maximum atomic E-state index is 12.1. The van der Waals surface area contributed by atoms with Gasteiger partial charge in [-0.15, -0.1) is 0 Å². The van der Waals surface area contributed by atoms with E-state index in [0.717, 1.165) is 5.56 Å². The van der Waals surface area contributed by atoms with Crippen molar-refractivity contribution in [1.82, 2.24) is 4.72 Å². The minimum Gasteiger partial charge on any atom is -0.212 e. The van der Waals surface area contributed by atoms with E-state index in [4.69, 9.17) is 0 Å². The number of nitrogens with one attached hydrogen (secondary N) is 1. The maximum Gasteiger partial charge on any atom is 0.212 e. The molecule has 0 aromatic heterocycles. The SMILES string of the molecule is CC(C)CS(=O)(=O)NC(C)(CBr)c1ccccc1. The molecular formula is C13H20BrNO2S. The molecule has 0 bridgehead atoms. The molecule has 0 aliphatic rings. The highest BCUT2D eigenvalue weighted by Gasteiger charge is 2.30. The second-order valence-corrected chi connectivity index (χ2v) is 7.44. The molecule has 0 saturated heterocycles. The van der Waals surface area contributed by atoms with Crippen LogP contribution in [0.5, 0.6) is 0 Å². The summed E-state index contributed by atoms with van der Waals surface area (Å²) >= 11 is 3.40. The Kier molecular flexibility index (Phi) is 5.37. The molecule has 102 valence electrons. The molecule has 1 aromatic carbocycles. The molecule has 1 N–H and O–H groups in total. The number of rotatable bonds is 6. The van der Waals surface area contributed by atoms with Gasteiger partial charge in [-0.3, -0.25) is 0 Å². The number of sulfonamides is 1. The van der Waals surface area contributed by atoms with Gasteiger partial charge in [-0.1, -0.05) is 60.1 Å². The van der Waals surface area contributed by atoms with E-state index in [-0.39, 0.29) is 11.7 Å². The Hall–Kier alpha value is -0.390. The molecule has 0 spiro atoms. The third kappa shape index (κ3) is 4.37. The van der Waals surface area contributed by atoms with Crippen molar-refractivity contribution >= 4 is 26.0 Å². The second-order valence-electron chi connectivity index (χ2n) is 5.11. The van der Waals surface area contributed by atoms with Crippen LogP contribution in [0.15, 0.2) is 30.3 Å². The van der Waals surface area contributed by atoms with Crippen LogP contribution in [0.1, 0.15) is 26.3 Å². The van der Waals surface area contributed by atoms with Gasteiger partial charge in [0.25, 0.3) is 0 Å². The molecular weight excluding hydrogens is 314 g/mol. The molecule has 1 unspecified atom stereocenters. The van der Waals surface area contributed by atoms with Crippen molar-refractivity contribution in [2.24, 2.45) is 5.92 Å². The summed E-state index contributed by atoms with van der Waals surface area (Å²) in [6.07, 6.45) is 0. The predicted molar refractivity (Wildman–Crippen MR) is 79.3 cm³/mol. The third-order valence-corrected chi connectivity index (χ3v) is 5.60. The van der Waals surface area contributed by atoms with E-state index >= 15 is 0 Å². The molecule has 1 rings (SSSR count). The first kappa shape index (κ1) is 15.7. The van der Waals surface area contributed by atoms with E-state index in [1.54, 1.807) is 0 Å². The Morgan fingerprint density at radius 1 is 1.28 bits per heavy atom. The van der Waals surface area contributed by atoms with E-state index in [0.29, 0.717) is 5.33 Å². The van der Waals surface area contributed by atoms with Crippen LogP contribution in [0.3, 0.4) is 0 Å². The summed E-state index contributed by atoms with van der Waals surface area (Å²) in [7, 11) is -3.28. The van der Waals surface area contributed by atoms with Crippen LogP contribution in [0.4, 0.5) is 0 Å². The van der Waals surface area contributed by atoms with Gasteiger partial charge in [0.2, 0.25) is 10.0 Å². The molecule has 0 aliphatic heterocycles. The van der Waals surface area contributed by atoms with E-state index in [1.807, 2.05) is 51.1 Å². The Morgan fingerprint density at radius 2 is 1.83 bits per heavy atom. The third-order valence-electron chi connectivity index (χ3n) is 2.61. The van der Waals surface area contributed by atoms with Gasteiger partial charge in [-0.25, -0.2) is 13.1 Å². The molecule has 0 amide bonds. The van der Waals surface area contributed by atoms with Crippen LogP contribution in [0, 0.1) is 5.92 Å². The van der Waals surface area contributed by atoms with Gasteiger partial charge in [0.05, 0.1) is 11.3 Å². The smallest absolute Gasteiger partial charge is 0.212 e.